The molecular formula is C31H26N2O. The van der Waals surface area contributed by atoms with Gasteiger partial charge in [0, 0.05) is 5.56 Å². The van der Waals surface area contributed by atoms with Crippen molar-refractivity contribution in [3.8, 4) is 0 Å². The zero-order valence-corrected chi connectivity index (χ0v) is 19.1. The summed E-state index contributed by atoms with van der Waals surface area (Å²) in [5.74, 6) is -0.136. The second-order valence-electron chi connectivity index (χ2n) is 8.42. The van der Waals surface area contributed by atoms with Gasteiger partial charge in [0.15, 0.2) is 0 Å². The maximum atomic E-state index is 13.4. The third-order valence-corrected chi connectivity index (χ3v) is 5.99. The Balaban J connectivity index is 1.63. The number of hydrogen-bond donors (Lipinski definition) is 1. The number of aryl methyl sites for hydroxylation is 1. The lowest BCUT2D eigenvalue weighted by Gasteiger charge is -2.37. The second kappa shape index (κ2) is 9.63. The molecule has 166 valence electrons. The molecule has 3 heteroatoms. The lowest BCUT2D eigenvalue weighted by molar-refractivity contribution is 0.0837. The van der Waals surface area contributed by atoms with Crippen LogP contribution in [0.25, 0.3) is 11.3 Å². The van der Waals surface area contributed by atoms with E-state index in [0.29, 0.717) is 5.56 Å². The first-order chi connectivity index (χ1) is 16.7. The first kappa shape index (κ1) is 21.5. The summed E-state index contributed by atoms with van der Waals surface area (Å²) in [6.07, 6.45) is 4.37. The fourth-order valence-electron chi connectivity index (χ4n) is 4.29. The predicted molar refractivity (Wildman–Crippen MR) is 139 cm³/mol. The van der Waals surface area contributed by atoms with Crippen molar-refractivity contribution >= 4 is 17.2 Å². The van der Waals surface area contributed by atoms with Crippen molar-refractivity contribution < 1.29 is 4.79 Å². The van der Waals surface area contributed by atoms with Crippen LogP contribution in [-0.4, -0.2) is 10.9 Å². The monoisotopic (exact) mass is 442 g/mol. The summed E-state index contributed by atoms with van der Waals surface area (Å²) in [6.45, 7) is 1.99. The van der Waals surface area contributed by atoms with E-state index in [2.05, 4.69) is 66.1 Å². The Labute approximate surface area is 200 Å². The van der Waals surface area contributed by atoms with E-state index < -0.39 is 0 Å². The Hall–Kier alpha value is -4.37. The van der Waals surface area contributed by atoms with Crippen LogP contribution in [0.3, 0.4) is 0 Å². The number of allylic oxidation sites excluding steroid dienone is 2. The highest BCUT2D eigenvalue weighted by Gasteiger charge is 2.28. The molecule has 0 saturated heterocycles. The molecular weight excluding hydrogens is 416 g/mol. The highest BCUT2D eigenvalue weighted by Crippen LogP contribution is 2.38. The van der Waals surface area contributed by atoms with Crippen LogP contribution in [0.15, 0.2) is 127 Å². The molecule has 0 saturated carbocycles. The van der Waals surface area contributed by atoms with E-state index in [1.165, 1.54) is 0 Å². The van der Waals surface area contributed by atoms with Crippen LogP contribution in [0.2, 0.25) is 0 Å². The molecule has 1 unspecified atom stereocenters. The van der Waals surface area contributed by atoms with E-state index in [-0.39, 0.29) is 11.9 Å². The van der Waals surface area contributed by atoms with Gasteiger partial charge in [0.2, 0.25) is 0 Å². The predicted octanol–water partition coefficient (Wildman–Crippen LogP) is 6.82. The van der Waals surface area contributed by atoms with Crippen LogP contribution in [0.1, 0.15) is 38.7 Å². The molecule has 0 bridgehead atoms. The third-order valence-electron chi connectivity index (χ3n) is 5.99. The molecule has 0 aliphatic carbocycles. The van der Waals surface area contributed by atoms with E-state index in [1.807, 2.05) is 78.7 Å². The minimum Gasteiger partial charge on any atom is -0.273 e. The molecule has 5 rings (SSSR count). The van der Waals surface area contributed by atoms with Gasteiger partial charge in [-0.1, -0.05) is 109 Å². The Kier molecular flexibility index (Phi) is 6.09. The van der Waals surface area contributed by atoms with Crippen LogP contribution in [0.4, 0.5) is 0 Å². The SMILES string of the molecule is Cc1cccc(C(=O)NN2C(c3ccccc3)=CC(c3ccccc3)=CC2c2ccccc2)c1. The van der Waals surface area contributed by atoms with Crippen LogP contribution in [0, 0.1) is 6.92 Å². The first-order valence-corrected chi connectivity index (χ1v) is 11.5. The van der Waals surface area contributed by atoms with Gasteiger partial charge in [-0.3, -0.25) is 15.2 Å². The molecule has 0 radical (unpaired) electrons. The summed E-state index contributed by atoms with van der Waals surface area (Å²) < 4.78 is 0. The van der Waals surface area contributed by atoms with Crippen molar-refractivity contribution in [2.75, 3.05) is 0 Å². The van der Waals surface area contributed by atoms with E-state index in [9.17, 15) is 4.79 Å². The fraction of sp³-hybridized carbons (Fsp3) is 0.0645. The average molecular weight is 443 g/mol. The molecule has 0 spiro atoms. The number of nitrogens with one attached hydrogen (secondary N) is 1. The van der Waals surface area contributed by atoms with Crippen LogP contribution < -0.4 is 5.43 Å². The molecule has 1 heterocycles. The van der Waals surface area contributed by atoms with E-state index in [1.54, 1.807) is 0 Å². The molecule has 1 aliphatic heterocycles. The summed E-state index contributed by atoms with van der Waals surface area (Å²) >= 11 is 0. The highest BCUT2D eigenvalue weighted by molar-refractivity contribution is 5.95. The highest BCUT2D eigenvalue weighted by atomic mass is 16.2. The van der Waals surface area contributed by atoms with Crippen molar-refractivity contribution in [1.82, 2.24) is 10.4 Å². The van der Waals surface area contributed by atoms with Crippen LogP contribution >= 0.6 is 0 Å². The normalized spacial score (nSPS) is 15.3. The fourth-order valence-corrected chi connectivity index (χ4v) is 4.29. The molecule has 0 aromatic heterocycles. The Morgan fingerprint density at radius 3 is 2.00 bits per heavy atom. The van der Waals surface area contributed by atoms with Gasteiger partial charge in [-0.15, -0.1) is 0 Å². The Bertz CT molecular complexity index is 1340. The summed E-state index contributed by atoms with van der Waals surface area (Å²) in [6, 6.07) is 38.3. The summed E-state index contributed by atoms with van der Waals surface area (Å²) in [5, 5.41) is 1.99. The summed E-state index contributed by atoms with van der Waals surface area (Å²) in [4.78, 5) is 13.4. The minimum absolute atomic E-state index is 0.136. The number of hydrogen-bond acceptors (Lipinski definition) is 2. The largest absolute Gasteiger partial charge is 0.273 e. The number of nitrogens with zero attached hydrogens (tertiary/aromatic N) is 1. The maximum Gasteiger partial charge on any atom is 0.269 e. The Morgan fingerprint density at radius 1 is 0.735 bits per heavy atom. The Morgan fingerprint density at radius 2 is 1.35 bits per heavy atom. The number of hydrazine groups is 1. The molecule has 4 aromatic rings. The van der Waals surface area contributed by atoms with Gasteiger partial charge in [-0.25, -0.2) is 0 Å². The van der Waals surface area contributed by atoms with Crippen molar-refractivity contribution in [2.24, 2.45) is 0 Å². The first-order valence-electron chi connectivity index (χ1n) is 11.5. The molecule has 0 fully saturated rings. The second-order valence-corrected chi connectivity index (χ2v) is 8.42. The van der Waals surface area contributed by atoms with Gasteiger partial charge < -0.3 is 0 Å². The lowest BCUT2D eigenvalue weighted by atomic mass is 9.92. The molecule has 4 aromatic carbocycles. The molecule has 1 amide bonds. The van der Waals surface area contributed by atoms with Gasteiger partial charge in [0.25, 0.3) is 5.91 Å². The van der Waals surface area contributed by atoms with Gasteiger partial charge in [0.05, 0.1) is 11.7 Å². The molecule has 1 N–H and O–H groups in total. The standard InChI is InChI=1S/C31H26N2O/c1-23-12-11-19-27(20-23)31(34)32-33-29(25-15-7-3-8-16-25)21-28(24-13-5-2-6-14-24)22-30(33)26-17-9-4-10-18-26/h2-22,29H,1H3,(H,32,34). The van der Waals surface area contributed by atoms with E-state index in [0.717, 1.165) is 33.5 Å². The maximum absolute atomic E-state index is 13.4. The van der Waals surface area contributed by atoms with Crippen molar-refractivity contribution in [2.45, 2.75) is 13.0 Å². The number of benzene rings is 4. The minimum atomic E-state index is -0.176. The van der Waals surface area contributed by atoms with Gasteiger partial charge in [0.1, 0.15) is 0 Å². The zero-order chi connectivity index (χ0) is 23.3. The van der Waals surface area contributed by atoms with Crippen molar-refractivity contribution in [1.29, 1.82) is 0 Å². The lowest BCUT2D eigenvalue weighted by Crippen LogP contribution is -2.44. The topological polar surface area (TPSA) is 32.3 Å². The third kappa shape index (κ3) is 4.55. The van der Waals surface area contributed by atoms with Crippen molar-refractivity contribution in [3.05, 3.63) is 155 Å². The zero-order valence-electron chi connectivity index (χ0n) is 19.1. The number of carbonyl (C=O) groups is 1. The summed E-state index contributed by atoms with van der Waals surface area (Å²) in [7, 11) is 0. The van der Waals surface area contributed by atoms with Crippen LogP contribution in [0.5, 0.6) is 0 Å². The molecule has 34 heavy (non-hydrogen) atoms. The van der Waals surface area contributed by atoms with Crippen molar-refractivity contribution in [3.63, 3.8) is 0 Å². The van der Waals surface area contributed by atoms with Gasteiger partial charge in [-0.05, 0) is 53.5 Å². The van der Waals surface area contributed by atoms with Gasteiger partial charge in [-0.2, -0.15) is 0 Å². The van der Waals surface area contributed by atoms with E-state index >= 15 is 0 Å². The quantitative estimate of drug-likeness (QED) is 0.368. The van der Waals surface area contributed by atoms with Gasteiger partial charge >= 0.3 is 0 Å². The number of rotatable bonds is 5. The molecule has 1 aliphatic rings. The van der Waals surface area contributed by atoms with E-state index in [4.69, 9.17) is 0 Å². The average Bonchev–Trinajstić information content (AvgIpc) is 2.90. The number of amides is 1. The molecule has 1 atom stereocenters. The summed E-state index contributed by atoms with van der Waals surface area (Å²) in [5.41, 5.74) is 10.2. The van der Waals surface area contributed by atoms with Crippen LogP contribution in [-0.2, 0) is 0 Å². The number of carbonyl (C=O) groups excluding carboxylic acids is 1. The smallest absolute Gasteiger partial charge is 0.269 e. The molecule has 3 nitrogen and oxygen atoms in total.